The van der Waals surface area contributed by atoms with Crippen molar-refractivity contribution in [2.24, 2.45) is 5.92 Å². The zero-order valence-electron chi connectivity index (χ0n) is 14.5. The SMILES string of the molecule is O=C(NCCCN1CCCCC1)C1CCN(c2cnccn2)CC1. The summed E-state index contributed by atoms with van der Waals surface area (Å²) in [4.78, 5) is 25.5. The van der Waals surface area contributed by atoms with Gasteiger partial charge < -0.3 is 15.1 Å². The highest BCUT2D eigenvalue weighted by atomic mass is 16.1. The number of carbonyl (C=O) groups is 1. The Balaban J connectivity index is 1.32. The summed E-state index contributed by atoms with van der Waals surface area (Å²) in [5, 5.41) is 3.13. The summed E-state index contributed by atoms with van der Waals surface area (Å²) in [5.74, 6) is 1.29. The van der Waals surface area contributed by atoms with Gasteiger partial charge in [0.2, 0.25) is 5.91 Å². The van der Waals surface area contributed by atoms with Crippen molar-refractivity contribution < 1.29 is 4.79 Å². The molecule has 1 N–H and O–H groups in total. The van der Waals surface area contributed by atoms with Crippen LogP contribution in [0.4, 0.5) is 5.82 Å². The number of hydrogen-bond acceptors (Lipinski definition) is 5. The molecule has 24 heavy (non-hydrogen) atoms. The van der Waals surface area contributed by atoms with Crippen LogP contribution in [0.3, 0.4) is 0 Å². The second-order valence-electron chi connectivity index (χ2n) is 6.87. The zero-order chi connectivity index (χ0) is 16.6. The van der Waals surface area contributed by atoms with Crippen LogP contribution in [-0.2, 0) is 4.79 Å². The minimum absolute atomic E-state index is 0.146. The van der Waals surface area contributed by atoms with E-state index in [-0.39, 0.29) is 11.8 Å². The summed E-state index contributed by atoms with van der Waals surface area (Å²) in [6.07, 6.45) is 12.1. The Morgan fingerprint density at radius 3 is 2.62 bits per heavy atom. The molecule has 0 unspecified atom stereocenters. The minimum Gasteiger partial charge on any atom is -0.356 e. The third kappa shape index (κ3) is 4.90. The molecule has 0 saturated carbocycles. The van der Waals surface area contributed by atoms with Crippen molar-refractivity contribution in [2.75, 3.05) is 44.2 Å². The predicted molar refractivity (Wildman–Crippen MR) is 94.9 cm³/mol. The first-order chi connectivity index (χ1) is 11.8. The lowest BCUT2D eigenvalue weighted by molar-refractivity contribution is -0.125. The number of piperidine rings is 2. The Kier molecular flexibility index (Phi) is 6.41. The van der Waals surface area contributed by atoms with Gasteiger partial charge in [0, 0.05) is 37.9 Å². The van der Waals surface area contributed by atoms with Crippen LogP contribution in [0.15, 0.2) is 18.6 Å². The van der Waals surface area contributed by atoms with Crippen LogP contribution in [0.5, 0.6) is 0 Å². The molecular formula is C18H29N5O. The maximum absolute atomic E-state index is 12.3. The molecule has 6 nitrogen and oxygen atoms in total. The summed E-state index contributed by atoms with van der Waals surface area (Å²) >= 11 is 0. The molecule has 0 bridgehead atoms. The Morgan fingerprint density at radius 2 is 1.92 bits per heavy atom. The fourth-order valence-electron chi connectivity index (χ4n) is 3.67. The van der Waals surface area contributed by atoms with Crippen LogP contribution in [0.25, 0.3) is 0 Å². The Morgan fingerprint density at radius 1 is 1.12 bits per heavy atom. The molecule has 2 fully saturated rings. The third-order valence-electron chi connectivity index (χ3n) is 5.14. The van der Waals surface area contributed by atoms with Gasteiger partial charge in [0.1, 0.15) is 5.82 Å². The number of carbonyl (C=O) groups excluding carboxylic acids is 1. The first kappa shape index (κ1) is 17.1. The minimum atomic E-state index is 0.146. The summed E-state index contributed by atoms with van der Waals surface area (Å²) < 4.78 is 0. The van der Waals surface area contributed by atoms with Gasteiger partial charge in [-0.2, -0.15) is 0 Å². The molecule has 0 spiro atoms. The third-order valence-corrected chi connectivity index (χ3v) is 5.14. The van der Waals surface area contributed by atoms with E-state index in [1.165, 1.54) is 32.4 Å². The van der Waals surface area contributed by atoms with E-state index in [2.05, 4.69) is 25.1 Å². The number of amides is 1. The molecule has 0 aliphatic carbocycles. The van der Waals surface area contributed by atoms with E-state index in [1.54, 1.807) is 18.6 Å². The van der Waals surface area contributed by atoms with E-state index in [0.29, 0.717) is 0 Å². The number of nitrogens with zero attached hydrogens (tertiary/aromatic N) is 4. The number of rotatable bonds is 6. The second-order valence-corrected chi connectivity index (χ2v) is 6.87. The van der Waals surface area contributed by atoms with Gasteiger partial charge in [-0.05, 0) is 51.7 Å². The predicted octanol–water partition coefficient (Wildman–Crippen LogP) is 1.69. The highest BCUT2D eigenvalue weighted by Gasteiger charge is 2.25. The lowest BCUT2D eigenvalue weighted by Gasteiger charge is -2.32. The van der Waals surface area contributed by atoms with Gasteiger partial charge in [0.15, 0.2) is 0 Å². The van der Waals surface area contributed by atoms with Crippen molar-refractivity contribution >= 4 is 11.7 Å². The van der Waals surface area contributed by atoms with Crippen LogP contribution in [0.2, 0.25) is 0 Å². The van der Waals surface area contributed by atoms with E-state index in [1.807, 2.05) is 0 Å². The van der Waals surface area contributed by atoms with Crippen molar-refractivity contribution in [3.8, 4) is 0 Å². The fraction of sp³-hybridized carbons (Fsp3) is 0.722. The van der Waals surface area contributed by atoms with Crippen LogP contribution >= 0.6 is 0 Å². The number of likely N-dealkylation sites (tertiary alicyclic amines) is 1. The quantitative estimate of drug-likeness (QED) is 0.804. The van der Waals surface area contributed by atoms with Crippen LogP contribution in [0, 0.1) is 5.92 Å². The highest BCUT2D eigenvalue weighted by molar-refractivity contribution is 5.78. The van der Waals surface area contributed by atoms with Gasteiger partial charge in [-0.3, -0.25) is 9.78 Å². The molecule has 1 aromatic heterocycles. The molecular weight excluding hydrogens is 302 g/mol. The Hall–Kier alpha value is -1.69. The molecule has 6 heteroatoms. The van der Waals surface area contributed by atoms with E-state index < -0.39 is 0 Å². The maximum atomic E-state index is 12.3. The van der Waals surface area contributed by atoms with E-state index in [9.17, 15) is 4.79 Å². The summed E-state index contributed by atoms with van der Waals surface area (Å²) in [5.41, 5.74) is 0. The Labute approximate surface area is 144 Å². The fourth-order valence-corrected chi connectivity index (χ4v) is 3.67. The molecule has 3 heterocycles. The van der Waals surface area contributed by atoms with Gasteiger partial charge in [-0.15, -0.1) is 0 Å². The van der Waals surface area contributed by atoms with Crippen molar-refractivity contribution in [3.63, 3.8) is 0 Å². The number of aromatic nitrogens is 2. The average Bonchev–Trinajstić information content (AvgIpc) is 2.67. The largest absolute Gasteiger partial charge is 0.356 e. The van der Waals surface area contributed by atoms with Crippen LogP contribution in [-0.4, -0.2) is 60.0 Å². The van der Waals surface area contributed by atoms with Gasteiger partial charge in [0.25, 0.3) is 0 Å². The lowest BCUT2D eigenvalue weighted by Crippen LogP contribution is -2.41. The van der Waals surface area contributed by atoms with Crippen molar-refractivity contribution in [1.29, 1.82) is 0 Å². The van der Waals surface area contributed by atoms with Crippen molar-refractivity contribution in [1.82, 2.24) is 20.2 Å². The van der Waals surface area contributed by atoms with Gasteiger partial charge in [-0.25, -0.2) is 4.98 Å². The van der Waals surface area contributed by atoms with Crippen molar-refractivity contribution in [2.45, 2.75) is 38.5 Å². The number of anilines is 1. The van der Waals surface area contributed by atoms with Crippen LogP contribution < -0.4 is 10.2 Å². The molecule has 2 aliphatic heterocycles. The number of nitrogens with one attached hydrogen (secondary N) is 1. The summed E-state index contributed by atoms with van der Waals surface area (Å²) in [7, 11) is 0. The monoisotopic (exact) mass is 331 g/mol. The first-order valence-electron chi connectivity index (χ1n) is 9.34. The Bertz CT molecular complexity index is 495. The van der Waals surface area contributed by atoms with Crippen molar-refractivity contribution in [3.05, 3.63) is 18.6 Å². The smallest absolute Gasteiger partial charge is 0.223 e. The topological polar surface area (TPSA) is 61.4 Å². The molecule has 0 radical (unpaired) electrons. The molecule has 1 amide bonds. The molecule has 2 saturated heterocycles. The molecule has 1 aromatic rings. The van der Waals surface area contributed by atoms with Gasteiger partial charge in [0.05, 0.1) is 6.20 Å². The van der Waals surface area contributed by atoms with Gasteiger partial charge in [-0.1, -0.05) is 6.42 Å². The normalized spacial score (nSPS) is 20.1. The molecule has 132 valence electrons. The molecule has 0 aromatic carbocycles. The maximum Gasteiger partial charge on any atom is 0.223 e. The highest BCUT2D eigenvalue weighted by Crippen LogP contribution is 2.21. The second kappa shape index (κ2) is 8.97. The first-order valence-corrected chi connectivity index (χ1v) is 9.34. The number of hydrogen-bond donors (Lipinski definition) is 1. The zero-order valence-corrected chi connectivity index (χ0v) is 14.5. The summed E-state index contributed by atoms with van der Waals surface area (Å²) in [6.45, 7) is 6.14. The van der Waals surface area contributed by atoms with E-state index in [4.69, 9.17) is 0 Å². The van der Waals surface area contributed by atoms with Crippen LogP contribution in [0.1, 0.15) is 38.5 Å². The summed E-state index contributed by atoms with van der Waals surface area (Å²) in [6, 6.07) is 0. The van der Waals surface area contributed by atoms with E-state index >= 15 is 0 Å². The molecule has 0 atom stereocenters. The lowest BCUT2D eigenvalue weighted by atomic mass is 9.96. The van der Waals surface area contributed by atoms with E-state index in [0.717, 1.165) is 51.3 Å². The molecule has 2 aliphatic rings. The standard InChI is InChI=1S/C18H29N5O/c24-18(21-7-4-12-22-10-2-1-3-11-22)16-5-13-23(14-6-16)17-15-19-8-9-20-17/h8-9,15-16H,1-7,10-14H2,(H,21,24). The average molecular weight is 331 g/mol. The molecule has 3 rings (SSSR count). The van der Waals surface area contributed by atoms with Gasteiger partial charge >= 0.3 is 0 Å².